The second-order valence-corrected chi connectivity index (χ2v) is 7.71. The molecule has 6 heteroatoms. The minimum atomic E-state index is 0. The third-order valence-electron chi connectivity index (χ3n) is 5.59. The van der Waals surface area contributed by atoms with Gasteiger partial charge in [-0.25, -0.2) is 4.57 Å². The molecule has 5 nitrogen and oxygen atoms in total. The van der Waals surface area contributed by atoms with Crippen molar-refractivity contribution in [2.45, 2.75) is 32.2 Å². The van der Waals surface area contributed by atoms with Gasteiger partial charge in [0.15, 0.2) is 17.1 Å². The maximum absolute atomic E-state index is 12.2. The molecule has 0 saturated heterocycles. The van der Waals surface area contributed by atoms with Crippen LogP contribution in [0.5, 0.6) is 5.75 Å². The molecule has 158 valence electrons. The highest BCUT2D eigenvalue weighted by molar-refractivity contribution is 5.94. The zero-order valence-electron chi connectivity index (χ0n) is 17.8. The summed E-state index contributed by atoms with van der Waals surface area (Å²) < 4.78 is 10.3. The van der Waals surface area contributed by atoms with Crippen LogP contribution in [0.4, 0.5) is 0 Å². The number of hydrogen-bond acceptors (Lipinski definition) is 2. The lowest BCUT2D eigenvalue weighted by Crippen LogP contribution is -3.00. The zero-order valence-corrected chi connectivity index (χ0v) is 19.4. The molecule has 30 heavy (non-hydrogen) atoms. The lowest BCUT2D eigenvalue weighted by atomic mass is 10.1. The summed E-state index contributed by atoms with van der Waals surface area (Å²) >= 11 is 0. The molecule has 0 aliphatic carbocycles. The van der Waals surface area contributed by atoms with E-state index in [-0.39, 0.29) is 22.9 Å². The molecule has 2 aromatic carbocycles. The molecule has 2 heterocycles. The van der Waals surface area contributed by atoms with Gasteiger partial charge in [0.05, 0.1) is 13.7 Å². The van der Waals surface area contributed by atoms with Crippen LogP contribution in [0, 0.1) is 0 Å². The molecule has 0 unspecified atom stereocenters. The second-order valence-electron chi connectivity index (χ2n) is 7.71. The Kier molecular flexibility index (Phi) is 6.98. The van der Waals surface area contributed by atoms with E-state index in [0.717, 1.165) is 30.0 Å². The van der Waals surface area contributed by atoms with Crippen LogP contribution >= 0.6 is 0 Å². The first-order chi connectivity index (χ1) is 14.1. The molecule has 0 fully saturated rings. The SMILES string of the molecule is COc1ccccc1-[n+]1cc(-c2ccc(C(=O)N(C)C)cc2)n2c1CCCCC2.[Br-]. The van der Waals surface area contributed by atoms with Crippen LogP contribution in [0.25, 0.3) is 16.9 Å². The normalized spacial score (nSPS) is 13.0. The number of methoxy groups -OCH3 is 1. The van der Waals surface area contributed by atoms with Gasteiger partial charge in [0, 0.05) is 31.6 Å². The van der Waals surface area contributed by atoms with E-state index in [0.29, 0.717) is 5.56 Å². The van der Waals surface area contributed by atoms with E-state index in [1.54, 1.807) is 26.1 Å². The van der Waals surface area contributed by atoms with Gasteiger partial charge in [-0.1, -0.05) is 12.1 Å². The first-order valence-corrected chi connectivity index (χ1v) is 10.2. The predicted molar refractivity (Wildman–Crippen MR) is 114 cm³/mol. The lowest BCUT2D eigenvalue weighted by molar-refractivity contribution is -0.604. The third-order valence-corrected chi connectivity index (χ3v) is 5.59. The molecule has 0 bridgehead atoms. The van der Waals surface area contributed by atoms with Crippen LogP contribution in [0.15, 0.2) is 54.7 Å². The maximum atomic E-state index is 12.2. The van der Waals surface area contributed by atoms with Crippen molar-refractivity contribution in [3.8, 4) is 22.7 Å². The van der Waals surface area contributed by atoms with Crippen LogP contribution in [-0.2, 0) is 13.0 Å². The van der Waals surface area contributed by atoms with Gasteiger partial charge in [0.1, 0.15) is 6.20 Å². The fourth-order valence-electron chi connectivity index (χ4n) is 4.08. The largest absolute Gasteiger partial charge is 1.00 e. The van der Waals surface area contributed by atoms with E-state index in [1.165, 1.54) is 30.8 Å². The van der Waals surface area contributed by atoms with E-state index in [1.807, 2.05) is 30.3 Å². The van der Waals surface area contributed by atoms with Crippen molar-refractivity contribution in [2.24, 2.45) is 0 Å². The van der Waals surface area contributed by atoms with E-state index < -0.39 is 0 Å². The Morgan fingerprint density at radius 2 is 1.77 bits per heavy atom. The van der Waals surface area contributed by atoms with Crippen LogP contribution < -0.4 is 26.3 Å². The molecule has 0 saturated carbocycles. The molecule has 1 aromatic heterocycles. The number of carbonyl (C=O) groups is 1. The van der Waals surface area contributed by atoms with E-state index in [2.05, 4.69) is 33.5 Å². The number of nitrogens with zero attached hydrogens (tertiary/aromatic N) is 3. The van der Waals surface area contributed by atoms with Crippen molar-refractivity contribution in [3.05, 3.63) is 66.1 Å². The van der Waals surface area contributed by atoms with Gasteiger partial charge in [0.25, 0.3) is 11.7 Å². The summed E-state index contributed by atoms with van der Waals surface area (Å²) in [5.74, 6) is 2.19. The summed E-state index contributed by atoms with van der Waals surface area (Å²) in [6, 6.07) is 16.1. The fraction of sp³-hybridized carbons (Fsp3) is 0.333. The van der Waals surface area contributed by atoms with Crippen molar-refractivity contribution in [1.29, 1.82) is 0 Å². The Bertz CT molecular complexity index is 1030. The average Bonchev–Trinajstić information content (AvgIpc) is 2.93. The number of halogens is 1. The summed E-state index contributed by atoms with van der Waals surface area (Å²) in [6.07, 6.45) is 6.85. The topological polar surface area (TPSA) is 38.4 Å². The molecule has 1 amide bonds. The molecular weight excluding hydrogens is 442 g/mol. The summed E-state index contributed by atoms with van der Waals surface area (Å²) in [5, 5.41) is 0. The van der Waals surface area contributed by atoms with Crippen LogP contribution in [0.3, 0.4) is 0 Å². The second kappa shape index (κ2) is 9.47. The monoisotopic (exact) mass is 469 g/mol. The standard InChI is InChI=1S/C24H28N3O2.BrH/c1-25(2)24(28)19-14-12-18(13-15-19)21-17-27(20-9-6-7-10-22(20)29-3)23-11-5-4-8-16-26(21)23;/h6-7,9-10,12-15,17H,4-5,8,11,16H2,1-3H3;1H/q+1;/p-1. The molecule has 0 N–H and O–H groups in total. The molecule has 1 aliphatic rings. The Morgan fingerprint density at radius 3 is 2.47 bits per heavy atom. The quantitative estimate of drug-likeness (QED) is 0.531. The predicted octanol–water partition coefficient (Wildman–Crippen LogP) is 0.873. The highest BCUT2D eigenvalue weighted by Crippen LogP contribution is 2.27. The number of ether oxygens (including phenoxy) is 1. The Morgan fingerprint density at radius 1 is 1.03 bits per heavy atom. The molecule has 1 aliphatic heterocycles. The Balaban J connectivity index is 0.00000256. The van der Waals surface area contributed by atoms with Gasteiger partial charge in [-0.3, -0.25) is 4.79 Å². The van der Waals surface area contributed by atoms with Gasteiger partial charge in [-0.2, -0.15) is 4.57 Å². The smallest absolute Gasteiger partial charge is 0.262 e. The molecular formula is C24H28BrN3O2. The lowest BCUT2D eigenvalue weighted by Gasteiger charge is -2.10. The maximum Gasteiger partial charge on any atom is 0.262 e. The van der Waals surface area contributed by atoms with Crippen molar-refractivity contribution >= 4 is 5.91 Å². The number of benzene rings is 2. The van der Waals surface area contributed by atoms with Gasteiger partial charge in [0.2, 0.25) is 0 Å². The first kappa shape index (κ1) is 22.1. The van der Waals surface area contributed by atoms with Gasteiger partial charge in [-0.05, 0) is 55.7 Å². The van der Waals surface area contributed by atoms with E-state index in [4.69, 9.17) is 4.74 Å². The number of aromatic nitrogens is 2. The number of para-hydroxylation sites is 2. The summed E-state index contributed by atoms with van der Waals surface area (Å²) in [6.45, 7) is 1.01. The number of carbonyl (C=O) groups excluding carboxylic acids is 1. The van der Waals surface area contributed by atoms with Gasteiger partial charge < -0.3 is 26.6 Å². The summed E-state index contributed by atoms with van der Waals surface area (Å²) in [7, 11) is 5.27. The van der Waals surface area contributed by atoms with Crippen LogP contribution in [0.1, 0.15) is 35.4 Å². The Labute approximate surface area is 188 Å². The highest BCUT2D eigenvalue weighted by Gasteiger charge is 2.28. The minimum absolute atomic E-state index is 0. The van der Waals surface area contributed by atoms with Gasteiger partial charge >= 0.3 is 0 Å². The molecule has 3 aromatic rings. The van der Waals surface area contributed by atoms with Crippen LogP contribution in [0.2, 0.25) is 0 Å². The number of fused-ring (bicyclic) bond motifs is 1. The zero-order chi connectivity index (χ0) is 20.4. The number of rotatable bonds is 4. The number of imidazole rings is 1. The van der Waals surface area contributed by atoms with Crippen LogP contribution in [-0.4, -0.2) is 36.6 Å². The van der Waals surface area contributed by atoms with E-state index >= 15 is 0 Å². The number of hydrogen-bond donors (Lipinski definition) is 0. The average molecular weight is 470 g/mol. The van der Waals surface area contributed by atoms with Crippen molar-refractivity contribution in [2.75, 3.05) is 21.2 Å². The fourth-order valence-corrected chi connectivity index (χ4v) is 4.08. The number of amides is 1. The molecule has 0 radical (unpaired) electrons. The molecule has 0 atom stereocenters. The van der Waals surface area contributed by atoms with Crippen molar-refractivity contribution in [1.82, 2.24) is 9.47 Å². The van der Waals surface area contributed by atoms with Gasteiger partial charge in [-0.15, -0.1) is 0 Å². The molecule has 4 rings (SSSR count). The summed E-state index contributed by atoms with van der Waals surface area (Å²) in [5.41, 5.74) is 4.07. The minimum Gasteiger partial charge on any atom is -1.00 e. The van der Waals surface area contributed by atoms with Crippen molar-refractivity contribution in [3.63, 3.8) is 0 Å². The summed E-state index contributed by atoms with van der Waals surface area (Å²) in [4.78, 5) is 13.8. The highest BCUT2D eigenvalue weighted by atomic mass is 79.9. The Hall–Kier alpha value is -2.60. The van der Waals surface area contributed by atoms with Crippen molar-refractivity contribution < 1.29 is 31.1 Å². The van der Waals surface area contributed by atoms with E-state index in [9.17, 15) is 4.79 Å². The first-order valence-electron chi connectivity index (χ1n) is 10.2. The third kappa shape index (κ3) is 4.15. The molecule has 0 spiro atoms.